The molecule has 0 amide bonds. The quantitative estimate of drug-likeness (QED) is 0.793. The maximum atomic E-state index is 12.9. The summed E-state index contributed by atoms with van der Waals surface area (Å²) in [6, 6.07) is 5.22. The lowest BCUT2D eigenvalue weighted by Gasteiger charge is -2.13. The van der Waals surface area contributed by atoms with Crippen LogP contribution in [0.15, 0.2) is 24.3 Å². The summed E-state index contributed by atoms with van der Waals surface area (Å²) in [6.07, 6.45) is 0. The van der Waals surface area contributed by atoms with Crippen molar-refractivity contribution in [2.24, 2.45) is 0 Å². The summed E-state index contributed by atoms with van der Waals surface area (Å²) in [6.45, 7) is 7.67. The summed E-state index contributed by atoms with van der Waals surface area (Å²) < 4.78 is 14.6. The van der Waals surface area contributed by atoms with Crippen LogP contribution in [0.2, 0.25) is 0 Å². The van der Waals surface area contributed by atoms with E-state index in [9.17, 15) is 9.18 Å². The minimum atomic E-state index is -0.391. The normalized spacial score (nSPS) is 12.5. The third-order valence-corrected chi connectivity index (χ3v) is 3.56. The first-order valence-corrected chi connectivity index (χ1v) is 6.24. The molecule has 2 aromatic rings. The van der Waals surface area contributed by atoms with Crippen LogP contribution in [0.25, 0.3) is 0 Å². The van der Waals surface area contributed by atoms with E-state index in [4.69, 9.17) is 0 Å². The second-order valence-corrected chi connectivity index (χ2v) is 4.79. The van der Waals surface area contributed by atoms with Gasteiger partial charge in [0.1, 0.15) is 11.9 Å². The molecule has 4 heteroatoms. The number of carbonyl (C=O) groups excluding carboxylic acids is 1. The molecule has 0 radical (unpaired) electrons. The standard InChI is InChI=1S/C15H17FN2O/c1-9-10(2)17-18(11(9)3)12(4)15(19)13-5-7-14(16)8-6-13/h5-8,12H,1-4H3. The number of aromatic nitrogens is 2. The molecule has 0 aliphatic carbocycles. The molecule has 2 rings (SSSR count). The Morgan fingerprint density at radius 3 is 2.26 bits per heavy atom. The van der Waals surface area contributed by atoms with Crippen LogP contribution in [0.3, 0.4) is 0 Å². The molecular weight excluding hydrogens is 243 g/mol. The van der Waals surface area contributed by atoms with Gasteiger partial charge in [0, 0.05) is 11.3 Å². The van der Waals surface area contributed by atoms with Crippen LogP contribution in [0.4, 0.5) is 4.39 Å². The highest BCUT2D eigenvalue weighted by atomic mass is 19.1. The van der Waals surface area contributed by atoms with Crippen molar-refractivity contribution < 1.29 is 9.18 Å². The lowest BCUT2D eigenvalue weighted by Crippen LogP contribution is -2.19. The summed E-state index contributed by atoms with van der Waals surface area (Å²) in [5.74, 6) is -0.406. The van der Waals surface area contributed by atoms with E-state index in [1.165, 1.54) is 24.3 Å². The summed E-state index contributed by atoms with van der Waals surface area (Å²) in [7, 11) is 0. The average molecular weight is 260 g/mol. The summed E-state index contributed by atoms with van der Waals surface area (Å²) in [5, 5.41) is 4.40. The number of rotatable bonds is 3. The lowest BCUT2D eigenvalue weighted by atomic mass is 10.1. The van der Waals surface area contributed by atoms with Gasteiger partial charge in [-0.2, -0.15) is 5.10 Å². The van der Waals surface area contributed by atoms with Crippen molar-refractivity contribution in [2.75, 3.05) is 0 Å². The molecule has 1 atom stereocenters. The molecule has 0 N–H and O–H groups in total. The molecule has 0 fully saturated rings. The van der Waals surface area contributed by atoms with Crippen molar-refractivity contribution in [3.63, 3.8) is 0 Å². The zero-order valence-corrected chi connectivity index (χ0v) is 11.6. The Kier molecular flexibility index (Phi) is 3.51. The number of carbonyl (C=O) groups is 1. The highest BCUT2D eigenvalue weighted by Gasteiger charge is 2.20. The van der Waals surface area contributed by atoms with Crippen LogP contribution in [0, 0.1) is 26.6 Å². The van der Waals surface area contributed by atoms with Crippen molar-refractivity contribution in [3.05, 3.63) is 52.6 Å². The van der Waals surface area contributed by atoms with Gasteiger partial charge in [-0.15, -0.1) is 0 Å². The van der Waals surface area contributed by atoms with Crippen LogP contribution < -0.4 is 0 Å². The van der Waals surface area contributed by atoms with Crippen molar-refractivity contribution in [1.29, 1.82) is 0 Å². The van der Waals surface area contributed by atoms with E-state index in [1.54, 1.807) is 4.68 Å². The number of aryl methyl sites for hydroxylation is 1. The number of halogens is 1. The number of benzene rings is 1. The third-order valence-electron chi connectivity index (χ3n) is 3.56. The minimum Gasteiger partial charge on any atom is -0.292 e. The number of Topliss-reactive ketones (excluding diaryl/α,β-unsaturated/α-hetero) is 1. The maximum Gasteiger partial charge on any atom is 0.187 e. The summed E-state index contributed by atoms with van der Waals surface area (Å²) >= 11 is 0. The van der Waals surface area contributed by atoms with Crippen molar-refractivity contribution in [3.8, 4) is 0 Å². The molecule has 0 saturated heterocycles. The van der Waals surface area contributed by atoms with Crippen molar-refractivity contribution in [2.45, 2.75) is 33.7 Å². The van der Waals surface area contributed by atoms with Gasteiger partial charge in [-0.1, -0.05) is 0 Å². The zero-order valence-electron chi connectivity index (χ0n) is 11.6. The molecule has 100 valence electrons. The largest absolute Gasteiger partial charge is 0.292 e. The third kappa shape index (κ3) is 2.43. The van der Waals surface area contributed by atoms with Crippen LogP contribution in [0.5, 0.6) is 0 Å². The fourth-order valence-corrected chi connectivity index (χ4v) is 2.09. The van der Waals surface area contributed by atoms with Crippen LogP contribution in [-0.4, -0.2) is 15.6 Å². The number of nitrogens with zero attached hydrogens (tertiary/aromatic N) is 2. The molecule has 0 aliphatic rings. The molecule has 1 aromatic heterocycles. The van der Waals surface area contributed by atoms with Gasteiger partial charge in [-0.25, -0.2) is 4.39 Å². The molecule has 1 unspecified atom stereocenters. The second-order valence-electron chi connectivity index (χ2n) is 4.79. The predicted molar refractivity (Wildman–Crippen MR) is 71.9 cm³/mol. The minimum absolute atomic E-state index is 0.0643. The Morgan fingerprint density at radius 2 is 1.79 bits per heavy atom. The van der Waals surface area contributed by atoms with E-state index in [2.05, 4.69) is 5.10 Å². The molecule has 1 heterocycles. The Hall–Kier alpha value is -1.97. The van der Waals surface area contributed by atoms with Gasteiger partial charge < -0.3 is 0 Å². The van der Waals surface area contributed by atoms with E-state index in [-0.39, 0.29) is 11.6 Å². The van der Waals surface area contributed by atoms with Gasteiger partial charge in [0.2, 0.25) is 0 Å². The van der Waals surface area contributed by atoms with E-state index in [0.29, 0.717) is 5.56 Å². The van der Waals surface area contributed by atoms with E-state index >= 15 is 0 Å². The second kappa shape index (κ2) is 4.96. The predicted octanol–water partition coefficient (Wildman–Crippen LogP) is 3.39. The molecule has 19 heavy (non-hydrogen) atoms. The van der Waals surface area contributed by atoms with E-state index in [1.807, 2.05) is 27.7 Å². The first-order valence-electron chi connectivity index (χ1n) is 6.24. The van der Waals surface area contributed by atoms with Gasteiger partial charge in [0.05, 0.1) is 5.69 Å². The monoisotopic (exact) mass is 260 g/mol. The van der Waals surface area contributed by atoms with Crippen molar-refractivity contribution in [1.82, 2.24) is 9.78 Å². The topological polar surface area (TPSA) is 34.9 Å². The Labute approximate surface area is 112 Å². The molecular formula is C15H17FN2O. The van der Waals surface area contributed by atoms with E-state index in [0.717, 1.165) is 17.0 Å². The zero-order chi connectivity index (χ0) is 14.2. The Balaban J connectivity index is 2.33. The molecule has 1 aromatic carbocycles. The Bertz CT molecular complexity index is 614. The highest BCUT2D eigenvalue weighted by molar-refractivity contribution is 5.98. The maximum absolute atomic E-state index is 12.9. The SMILES string of the molecule is Cc1nn(C(C)C(=O)c2ccc(F)cc2)c(C)c1C. The van der Waals surface area contributed by atoms with Crippen LogP contribution in [-0.2, 0) is 0 Å². The number of hydrogen-bond donors (Lipinski definition) is 0. The average Bonchev–Trinajstić information content (AvgIpc) is 2.66. The molecule has 3 nitrogen and oxygen atoms in total. The smallest absolute Gasteiger partial charge is 0.187 e. The van der Waals surface area contributed by atoms with Crippen LogP contribution in [0.1, 0.15) is 40.3 Å². The van der Waals surface area contributed by atoms with Gasteiger partial charge >= 0.3 is 0 Å². The molecule has 0 saturated carbocycles. The molecule has 0 bridgehead atoms. The number of hydrogen-bond acceptors (Lipinski definition) is 2. The van der Waals surface area contributed by atoms with Gasteiger partial charge in [-0.05, 0) is 57.5 Å². The van der Waals surface area contributed by atoms with Gasteiger partial charge in [0.25, 0.3) is 0 Å². The van der Waals surface area contributed by atoms with Gasteiger partial charge in [0.15, 0.2) is 5.78 Å². The van der Waals surface area contributed by atoms with Gasteiger partial charge in [-0.3, -0.25) is 9.48 Å². The summed E-state index contributed by atoms with van der Waals surface area (Å²) in [4.78, 5) is 12.3. The van der Waals surface area contributed by atoms with Crippen LogP contribution >= 0.6 is 0 Å². The van der Waals surface area contributed by atoms with Crippen molar-refractivity contribution >= 4 is 5.78 Å². The lowest BCUT2D eigenvalue weighted by molar-refractivity contribution is 0.0926. The molecule has 0 aliphatic heterocycles. The van der Waals surface area contributed by atoms with E-state index < -0.39 is 6.04 Å². The number of ketones is 1. The fraction of sp³-hybridized carbons (Fsp3) is 0.333. The fourth-order valence-electron chi connectivity index (χ4n) is 2.09. The highest BCUT2D eigenvalue weighted by Crippen LogP contribution is 2.19. The Morgan fingerprint density at radius 1 is 1.21 bits per heavy atom. The molecule has 0 spiro atoms. The summed E-state index contributed by atoms with van der Waals surface area (Å²) in [5.41, 5.74) is 3.51. The first kappa shape index (κ1) is 13.5. The first-order chi connectivity index (χ1) is 8.91.